The molecule has 0 amide bonds. The van der Waals surface area contributed by atoms with Gasteiger partial charge in [-0.3, -0.25) is 5.10 Å². The number of epoxide rings is 1. The van der Waals surface area contributed by atoms with Gasteiger partial charge in [-0.05, 0) is 0 Å². The highest BCUT2D eigenvalue weighted by atomic mass is 16.6. The van der Waals surface area contributed by atoms with E-state index in [9.17, 15) is 0 Å². The van der Waals surface area contributed by atoms with Crippen LogP contribution in [0.15, 0.2) is 6.20 Å². The molecule has 0 aliphatic carbocycles. The fourth-order valence-electron chi connectivity index (χ4n) is 1.37. The van der Waals surface area contributed by atoms with E-state index in [1.807, 2.05) is 6.20 Å². The molecule has 0 saturated carbocycles. The summed E-state index contributed by atoms with van der Waals surface area (Å²) in [5.74, 6) is 0. The summed E-state index contributed by atoms with van der Waals surface area (Å²) < 4.78 is 5.23. The van der Waals surface area contributed by atoms with Gasteiger partial charge in [-0.1, -0.05) is 20.8 Å². The summed E-state index contributed by atoms with van der Waals surface area (Å²) in [6.45, 7) is 7.37. The van der Waals surface area contributed by atoms with Crippen LogP contribution in [0.2, 0.25) is 0 Å². The Balaban J connectivity index is 2.36. The molecule has 66 valence electrons. The summed E-state index contributed by atoms with van der Waals surface area (Å²) in [6, 6.07) is 0. The van der Waals surface area contributed by atoms with Crippen LogP contribution in [0.3, 0.4) is 0 Å². The van der Waals surface area contributed by atoms with Gasteiger partial charge in [-0.2, -0.15) is 5.10 Å². The molecule has 2 rings (SSSR count). The summed E-state index contributed by atoms with van der Waals surface area (Å²) in [5, 5.41) is 7.08. The molecule has 1 aromatic heterocycles. The molecule has 3 heteroatoms. The summed E-state index contributed by atoms with van der Waals surface area (Å²) in [6.07, 6.45) is 2.18. The molecule has 0 bridgehead atoms. The van der Waals surface area contributed by atoms with Gasteiger partial charge in [0.15, 0.2) is 0 Å². The van der Waals surface area contributed by atoms with Crippen molar-refractivity contribution < 1.29 is 4.74 Å². The van der Waals surface area contributed by atoms with E-state index < -0.39 is 0 Å². The lowest BCUT2D eigenvalue weighted by molar-refractivity contribution is 0.410. The van der Waals surface area contributed by atoms with Gasteiger partial charge in [-0.25, -0.2) is 0 Å². The number of nitrogens with one attached hydrogen (secondary N) is 1. The van der Waals surface area contributed by atoms with Crippen molar-refractivity contribution in [2.24, 2.45) is 0 Å². The van der Waals surface area contributed by atoms with Gasteiger partial charge in [0, 0.05) is 16.7 Å². The molecule has 0 aromatic carbocycles. The van der Waals surface area contributed by atoms with Crippen LogP contribution in [-0.4, -0.2) is 16.8 Å². The molecule has 2 heterocycles. The highest BCUT2D eigenvalue weighted by Crippen LogP contribution is 2.35. The maximum atomic E-state index is 5.23. The van der Waals surface area contributed by atoms with Gasteiger partial charge in [-0.15, -0.1) is 0 Å². The van der Waals surface area contributed by atoms with Crippen molar-refractivity contribution in [3.8, 4) is 0 Å². The fraction of sp³-hybridized carbons (Fsp3) is 0.667. The van der Waals surface area contributed by atoms with E-state index >= 15 is 0 Å². The maximum absolute atomic E-state index is 5.23. The predicted octanol–water partition coefficient (Wildman–Crippen LogP) is 1.78. The Hall–Kier alpha value is -0.830. The second kappa shape index (κ2) is 2.33. The first-order valence-corrected chi connectivity index (χ1v) is 4.24. The van der Waals surface area contributed by atoms with Crippen molar-refractivity contribution in [3.63, 3.8) is 0 Å². The van der Waals surface area contributed by atoms with Crippen molar-refractivity contribution in [2.75, 3.05) is 6.61 Å². The summed E-state index contributed by atoms with van der Waals surface area (Å²) in [4.78, 5) is 0. The quantitative estimate of drug-likeness (QED) is 0.646. The third-order valence-corrected chi connectivity index (χ3v) is 2.10. The number of aromatic amines is 1. The molecular formula is C9H14N2O. The third kappa shape index (κ3) is 1.25. The monoisotopic (exact) mass is 166 g/mol. The van der Waals surface area contributed by atoms with E-state index in [-0.39, 0.29) is 5.41 Å². The molecule has 1 fully saturated rings. The molecular weight excluding hydrogens is 152 g/mol. The second-order valence-corrected chi connectivity index (χ2v) is 4.27. The van der Waals surface area contributed by atoms with Crippen molar-refractivity contribution in [1.82, 2.24) is 10.2 Å². The van der Waals surface area contributed by atoms with Gasteiger partial charge in [0.2, 0.25) is 0 Å². The van der Waals surface area contributed by atoms with Crippen LogP contribution in [0.5, 0.6) is 0 Å². The van der Waals surface area contributed by atoms with E-state index in [1.165, 1.54) is 11.3 Å². The highest BCUT2D eigenvalue weighted by Gasteiger charge is 2.32. The van der Waals surface area contributed by atoms with Crippen LogP contribution in [0.1, 0.15) is 38.1 Å². The lowest BCUT2D eigenvalue weighted by Gasteiger charge is -2.17. The number of aromatic nitrogens is 2. The van der Waals surface area contributed by atoms with Crippen LogP contribution in [0, 0.1) is 0 Å². The number of rotatable bonds is 1. The zero-order valence-electron chi connectivity index (χ0n) is 7.72. The summed E-state index contributed by atoms with van der Waals surface area (Å²) in [7, 11) is 0. The van der Waals surface area contributed by atoms with Crippen LogP contribution < -0.4 is 0 Å². The minimum atomic E-state index is 0.137. The Morgan fingerprint density at radius 1 is 1.58 bits per heavy atom. The average molecular weight is 166 g/mol. The zero-order valence-corrected chi connectivity index (χ0v) is 7.72. The smallest absolute Gasteiger partial charge is 0.109 e. The Morgan fingerprint density at radius 3 is 2.75 bits per heavy atom. The first-order valence-electron chi connectivity index (χ1n) is 4.24. The standard InChI is InChI=1S/C9H14N2O/c1-9(2,3)8-6(4-10-11-8)7-5-12-7/h4,7H,5H2,1-3H3,(H,10,11)/t7-/m0/s1. The van der Waals surface area contributed by atoms with Gasteiger partial charge in [0.25, 0.3) is 0 Å². The molecule has 0 radical (unpaired) electrons. The molecule has 1 saturated heterocycles. The lowest BCUT2D eigenvalue weighted by Crippen LogP contribution is -2.14. The van der Waals surface area contributed by atoms with Crippen LogP contribution >= 0.6 is 0 Å². The van der Waals surface area contributed by atoms with Crippen molar-refractivity contribution in [2.45, 2.75) is 32.3 Å². The minimum absolute atomic E-state index is 0.137. The number of hydrogen-bond acceptors (Lipinski definition) is 2. The zero-order chi connectivity index (χ0) is 8.77. The molecule has 0 spiro atoms. The summed E-state index contributed by atoms with van der Waals surface area (Å²) >= 11 is 0. The van der Waals surface area contributed by atoms with Gasteiger partial charge in [0.1, 0.15) is 6.10 Å². The Bertz CT molecular complexity index is 281. The molecule has 1 N–H and O–H groups in total. The van der Waals surface area contributed by atoms with Crippen molar-refractivity contribution in [3.05, 3.63) is 17.5 Å². The SMILES string of the molecule is CC(C)(C)c1[nH]ncc1[C@@H]1CO1. The normalized spacial score (nSPS) is 22.8. The molecule has 1 aliphatic heterocycles. The summed E-state index contributed by atoms with van der Waals surface area (Å²) in [5.41, 5.74) is 2.56. The molecule has 1 aromatic rings. The van der Waals surface area contributed by atoms with E-state index in [0.717, 1.165) is 6.61 Å². The molecule has 1 atom stereocenters. The van der Waals surface area contributed by atoms with Gasteiger partial charge in [0.05, 0.1) is 12.8 Å². The Kier molecular flexibility index (Phi) is 1.51. The van der Waals surface area contributed by atoms with Crippen molar-refractivity contribution >= 4 is 0 Å². The maximum Gasteiger partial charge on any atom is 0.109 e. The number of nitrogens with zero attached hydrogens (tertiary/aromatic N) is 1. The lowest BCUT2D eigenvalue weighted by atomic mass is 9.89. The highest BCUT2D eigenvalue weighted by molar-refractivity contribution is 5.27. The van der Waals surface area contributed by atoms with Crippen molar-refractivity contribution in [1.29, 1.82) is 0 Å². The van der Waals surface area contributed by atoms with E-state index in [0.29, 0.717) is 6.10 Å². The number of hydrogen-bond donors (Lipinski definition) is 1. The molecule has 3 nitrogen and oxygen atoms in total. The first-order chi connectivity index (χ1) is 5.59. The second-order valence-electron chi connectivity index (χ2n) is 4.27. The predicted molar refractivity (Wildman–Crippen MR) is 46.0 cm³/mol. The third-order valence-electron chi connectivity index (χ3n) is 2.10. The van der Waals surface area contributed by atoms with Gasteiger partial charge < -0.3 is 4.74 Å². The largest absolute Gasteiger partial charge is 0.368 e. The van der Waals surface area contributed by atoms with E-state index in [1.54, 1.807) is 0 Å². The van der Waals surface area contributed by atoms with Crippen LogP contribution in [0.25, 0.3) is 0 Å². The topological polar surface area (TPSA) is 41.2 Å². The Morgan fingerprint density at radius 2 is 2.25 bits per heavy atom. The first kappa shape index (κ1) is 7.80. The number of H-pyrrole nitrogens is 1. The van der Waals surface area contributed by atoms with Crippen LogP contribution in [-0.2, 0) is 10.2 Å². The molecule has 12 heavy (non-hydrogen) atoms. The van der Waals surface area contributed by atoms with E-state index in [4.69, 9.17) is 4.74 Å². The minimum Gasteiger partial charge on any atom is -0.368 e. The number of ether oxygens (including phenoxy) is 1. The molecule has 0 unspecified atom stereocenters. The van der Waals surface area contributed by atoms with E-state index in [2.05, 4.69) is 31.0 Å². The van der Waals surface area contributed by atoms with Gasteiger partial charge >= 0.3 is 0 Å². The Labute approximate surface area is 72.1 Å². The average Bonchev–Trinajstić information content (AvgIpc) is 2.65. The fourth-order valence-corrected chi connectivity index (χ4v) is 1.37. The molecule has 1 aliphatic rings. The van der Waals surface area contributed by atoms with Crippen LogP contribution in [0.4, 0.5) is 0 Å².